The summed E-state index contributed by atoms with van der Waals surface area (Å²) in [5.74, 6) is 0. The predicted octanol–water partition coefficient (Wildman–Crippen LogP) is 5.16. The molecule has 0 bridgehead atoms. The van der Waals surface area contributed by atoms with Crippen molar-refractivity contribution in [2.45, 2.75) is 26.2 Å². The molecule has 3 aromatic rings. The molecule has 0 saturated carbocycles. The first kappa shape index (κ1) is 12.7. The lowest BCUT2D eigenvalue weighted by Crippen LogP contribution is -2.10. The largest absolute Gasteiger partial charge is 0.192 e. The van der Waals surface area contributed by atoms with Crippen molar-refractivity contribution < 1.29 is 0 Å². The number of hydrogen-bond donors (Lipinski definition) is 0. The van der Waals surface area contributed by atoms with Gasteiger partial charge in [0.25, 0.3) is 0 Å². The van der Waals surface area contributed by atoms with E-state index in [4.69, 9.17) is 0 Å². The fourth-order valence-corrected chi connectivity index (χ4v) is 2.65. The highest BCUT2D eigenvalue weighted by Crippen LogP contribution is 2.31. The summed E-state index contributed by atoms with van der Waals surface area (Å²) in [6.45, 7) is 6.59. The Morgan fingerprint density at radius 3 is 2.25 bits per heavy atom. The minimum atomic E-state index is 0.0898. The van der Waals surface area contributed by atoms with Gasteiger partial charge in [0.2, 0.25) is 0 Å². The number of fused-ring (bicyclic) bond motifs is 2. The van der Waals surface area contributed by atoms with Crippen LogP contribution in [-0.2, 0) is 5.41 Å². The average molecular weight is 259 g/mol. The number of nitrogens with zero attached hydrogens (tertiary/aromatic N) is 1. The summed E-state index contributed by atoms with van der Waals surface area (Å²) in [6.07, 6.45) is 0. The van der Waals surface area contributed by atoms with E-state index in [1.54, 1.807) is 0 Å². The maximum Gasteiger partial charge on any atom is 0.100 e. The quantitative estimate of drug-likeness (QED) is 0.511. The molecule has 0 heterocycles. The molecular weight excluding hydrogens is 242 g/mol. The lowest BCUT2D eigenvalue weighted by Gasteiger charge is -2.20. The Kier molecular flexibility index (Phi) is 2.76. The van der Waals surface area contributed by atoms with E-state index in [9.17, 15) is 5.26 Å². The van der Waals surface area contributed by atoms with Gasteiger partial charge in [-0.3, -0.25) is 0 Å². The topological polar surface area (TPSA) is 23.8 Å². The van der Waals surface area contributed by atoms with E-state index in [1.165, 1.54) is 5.56 Å². The summed E-state index contributed by atoms with van der Waals surface area (Å²) in [5.41, 5.74) is 2.13. The molecule has 0 spiro atoms. The van der Waals surface area contributed by atoms with E-state index in [1.807, 2.05) is 18.2 Å². The fourth-order valence-electron chi connectivity index (χ4n) is 2.65. The van der Waals surface area contributed by atoms with Gasteiger partial charge < -0.3 is 0 Å². The van der Waals surface area contributed by atoms with Gasteiger partial charge in [-0.25, -0.2) is 0 Å². The van der Waals surface area contributed by atoms with Gasteiger partial charge in [-0.05, 0) is 33.9 Å². The van der Waals surface area contributed by atoms with Crippen molar-refractivity contribution in [3.63, 3.8) is 0 Å². The van der Waals surface area contributed by atoms with Crippen molar-refractivity contribution in [1.82, 2.24) is 0 Å². The summed E-state index contributed by atoms with van der Waals surface area (Å²) in [7, 11) is 0. The van der Waals surface area contributed by atoms with Crippen molar-refractivity contribution in [3.8, 4) is 6.07 Å². The molecule has 0 aliphatic carbocycles. The maximum atomic E-state index is 9.58. The van der Waals surface area contributed by atoms with Crippen molar-refractivity contribution in [1.29, 1.82) is 5.26 Å². The lowest BCUT2D eigenvalue weighted by molar-refractivity contribution is 0.591. The molecule has 0 fully saturated rings. The molecule has 1 heteroatoms. The molecule has 0 amide bonds. The highest BCUT2D eigenvalue weighted by molar-refractivity contribution is 6.04. The lowest BCUT2D eigenvalue weighted by atomic mass is 9.85. The Morgan fingerprint density at radius 1 is 0.850 bits per heavy atom. The van der Waals surface area contributed by atoms with Gasteiger partial charge in [-0.1, -0.05) is 57.2 Å². The van der Waals surface area contributed by atoms with Crippen molar-refractivity contribution in [3.05, 3.63) is 59.7 Å². The second-order valence-corrected chi connectivity index (χ2v) is 6.27. The molecular formula is C19H17N. The van der Waals surface area contributed by atoms with E-state index in [0.717, 1.165) is 27.1 Å². The Bertz CT molecular complexity index is 845. The predicted molar refractivity (Wildman–Crippen MR) is 84.9 cm³/mol. The normalized spacial score (nSPS) is 11.7. The van der Waals surface area contributed by atoms with Crippen LogP contribution in [0.4, 0.5) is 0 Å². The van der Waals surface area contributed by atoms with Gasteiger partial charge in [-0.15, -0.1) is 0 Å². The molecule has 3 rings (SSSR count). The molecule has 0 N–H and O–H groups in total. The average Bonchev–Trinajstić information content (AvgIpc) is 2.43. The first-order valence-corrected chi connectivity index (χ1v) is 6.87. The van der Waals surface area contributed by atoms with Crippen LogP contribution in [0.5, 0.6) is 0 Å². The molecule has 0 saturated heterocycles. The summed E-state index contributed by atoms with van der Waals surface area (Å²) < 4.78 is 0. The zero-order valence-electron chi connectivity index (χ0n) is 12.1. The first-order valence-electron chi connectivity index (χ1n) is 6.87. The Morgan fingerprint density at radius 2 is 1.55 bits per heavy atom. The van der Waals surface area contributed by atoms with Crippen LogP contribution in [0.2, 0.25) is 0 Å². The molecule has 3 aromatic carbocycles. The van der Waals surface area contributed by atoms with Gasteiger partial charge in [0.15, 0.2) is 0 Å². The SMILES string of the molecule is CC(C)(C)c1ccc2cc3ccccc3c(C#N)c2c1. The van der Waals surface area contributed by atoms with Gasteiger partial charge in [0, 0.05) is 10.8 Å². The summed E-state index contributed by atoms with van der Waals surface area (Å²) in [5, 5.41) is 13.9. The number of rotatable bonds is 0. The highest BCUT2D eigenvalue weighted by atomic mass is 14.3. The molecule has 0 aliphatic rings. The summed E-state index contributed by atoms with van der Waals surface area (Å²) >= 11 is 0. The van der Waals surface area contributed by atoms with Crippen LogP contribution >= 0.6 is 0 Å². The van der Waals surface area contributed by atoms with Crippen LogP contribution in [0.25, 0.3) is 21.5 Å². The van der Waals surface area contributed by atoms with E-state index in [-0.39, 0.29) is 5.41 Å². The van der Waals surface area contributed by atoms with Crippen LogP contribution < -0.4 is 0 Å². The molecule has 20 heavy (non-hydrogen) atoms. The van der Waals surface area contributed by atoms with Crippen LogP contribution in [0.3, 0.4) is 0 Å². The number of hydrogen-bond acceptors (Lipinski definition) is 1. The third-order valence-corrected chi connectivity index (χ3v) is 3.84. The van der Waals surface area contributed by atoms with E-state index in [2.05, 4.69) is 57.2 Å². The fraction of sp³-hybridized carbons (Fsp3) is 0.211. The zero-order chi connectivity index (χ0) is 14.3. The Hall–Kier alpha value is -2.33. The Balaban J connectivity index is 2.46. The zero-order valence-corrected chi connectivity index (χ0v) is 12.1. The third-order valence-electron chi connectivity index (χ3n) is 3.84. The van der Waals surface area contributed by atoms with Crippen LogP contribution in [0, 0.1) is 11.3 Å². The smallest absolute Gasteiger partial charge is 0.100 e. The number of benzene rings is 3. The standard InChI is InChI=1S/C19H17N/c1-19(2,3)15-9-8-14-10-13-6-4-5-7-16(13)18(12-20)17(14)11-15/h4-11H,1-3H3. The first-order chi connectivity index (χ1) is 9.50. The molecule has 0 aromatic heterocycles. The third kappa shape index (κ3) is 1.94. The minimum absolute atomic E-state index is 0.0898. The van der Waals surface area contributed by atoms with Crippen LogP contribution in [0.15, 0.2) is 48.5 Å². The van der Waals surface area contributed by atoms with Crippen molar-refractivity contribution in [2.75, 3.05) is 0 Å². The minimum Gasteiger partial charge on any atom is -0.192 e. The van der Waals surface area contributed by atoms with Gasteiger partial charge in [0.05, 0.1) is 5.56 Å². The molecule has 0 aliphatic heterocycles. The van der Waals surface area contributed by atoms with E-state index >= 15 is 0 Å². The second-order valence-electron chi connectivity index (χ2n) is 6.27. The van der Waals surface area contributed by atoms with E-state index < -0.39 is 0 Å². The molecule has 1 nitrogen and oxygen atoms in total. The molecule has 0 radical (unpaired) electrons. The maximum absolute atomic E-state index is 9.58. The second kappa shape index (κ2) is 4.35. The summed E-state index contributed by atoms with van der Waals surface area (Å²) in [4.78, 5) is 0. The summed E-state index contributed by atoms with van der Waals surface area (Å²) in [6, 6.07) is 19.1. The Labute approximate surface area is 119 Å². The molecule has 98 valence electrons. The van der Waals surface area contributed by atoms with Crippen LogP contribution in [-0.4, -0.2) is 0 Å². The van der Waals surface area contributed by atoms with E-state index in [0.29, 0.717) is 0 Å². The molecule has 0 atom stereocenters. The van der Waals surface area contributed by atoms with Gasteiger partial charge in [-0.2, -0.15) is 5.26 Å². The number of nitriles is 1. The highest BCUT2D eigenvalue weighted by Gasteiger charge is 2.15. The van der Waals surface area contributed by atoms with Crippen molar-refractivity contribution >= 4 is 21.5 Å². The van der Waals surface area contributed by atoms with Crippen LogP contribution in [0.1, 0.15) is 31.9 Å². The van der Waals surface area contributed by atoms with Crippen molar-refractivity contribution in [2.24, 2.45) is 0 Å². The molecule has 0 unspecified atom stereocenters. The van der Waals surface area contributed by atoms with Gasteiger partial charge >= 0.3 is 0 Å². The van der Waals surface area contributed by atoms with Gasteiger partial charge in [0.1, 0.15) is 6.07 Å². The monoisotopic (exact) mass is 259 g/mol.